The van der Waals surface area contributed by atoms with Crippen molar-refractivity contribution in [3.63, 3.8) is 0 Å². The van der Waals surface area contributed by atoms with Crippen LogP contribution in [0.3, 0.4) is 0 Å². The van der Waals surface area contributed by atoms with Crippen molar-refractivity contribution in [2.24, 2.45) is 4.99 Å². The van der Waals surface area contributed by atoms with E-state index >= 15 is 0 Å². The first-order valence-electron chi connectivity index (χ1n) is 4.26. The van der Waals surface area contributed by atoms with E-state index < -0.39 is 5.82 Å². The summed E-state index contributed by atoms with van der Waals surface area (Å²) in [5.41, 5.74) is 0.639. The average Bonchev–Trinajstić information content (AvgIpc) is 2.64. The Bertz CT molecular complexity index is 378. The minimum Gasteiger partial charge on any atom is -0.354 e. The van der Waals surface area contributed by atoms with Crippen LogP contribution in [0.15, 0.2) is 23.2 Å². The van der Waals surface area contributed by atoms with Gasteiger partial charge in [0.1, 0.15) is 5.82 Å². The predicted octanol–water partition coefficient (Wildman–Crippen LogP) is 1.85. The molecule has 14 heavy (non-hydrogen) atoms. The molecule has 0 saturated heterocycles. The number of halogens is 2. The standard InChI is InChI=1S/C9H9ClFN3/c10-7-2-1-6(5-8(7)11)14-9-12-3-4-13-9/h1-2,5H,3-4H2,(H2,12,13,14). The number of nitrogens with zero attached hydrogens (tertiary/aromatic N) is 1. The molecule has 1 aliphatic rings. The van der Waals surface area contributed by atoms with Crippen molar-refractivity contribution in [2.75, 3.05) is 18.4 Å². The molecule has 0 amide bonds. The van der Waals surface area contributed by atoms with Crippen molar-refractivity contribution in [3.8, 4) is 0 Å². The molecule has 74 valence electrons. The third-order valence-corrected chi connectivity index (χ3v) is 2.16. The van der Waals surface area contributed by atoms with E-state index in [1.54, 1.807) is 6.07 Å². The quantitative estimate of drug-likeness (QED) is 0.747. The molecule has 2 N–H and O–H groups in total. The molecule has 0 radical (unpaired) electrons. The summed E-state index contributed by atoms with van der Waals surface area (Å²) >= 11 is 5.55. The second-order valence-corrected chi connectivity index (χ2v) is 3.32. The molecule has 0 bridgehead atoms. The lowest BCUT2D eigenvalue weighted by Crippen LogP contribution is -2.26. The minimum atomic E-state index is -0.435. The summed E-state index contributed by atoms with van der Waals surface area (Å²) in [7, 11) is 0. The van der Waals surface area contributed by atoms with Crippen molar-refractivity contribution in [1.29, 1.82) is 0 Å². The average molecular weight is 214 g/mol. The first-order valence-corrected chi connectivity index (χ1v) is 4.64. The van der Waals surface area contributed by atoms with Gasteiger partial charge in [-0.1, -0.05) is 11.6 Å². The zero-order valence-electron chi connectivity index (χ0n) is 7.35. The second-order valence-electron chi connectivity index (χ2n) is 2.91. The molecule has 0 saturated carbocycles. The van der Waals surface area contributed by atoms with Crippen LogP contribution in [-0.4, -0.2) is 19.0 Å². The highest BCUT2D eigenvalue weighted by Gasteiger charge is 2.06. The summed E-state index contributed by atoms with van der Waals surface area (Å²) < 4.78 is 13.0. The first kappa shape index (κ1) is 9.27. The number of nitrogens with one attached hydrogen (secondary N) is 2. The van der Waals surface area contributed by atoms with Gasteiger partial charge in [-0.25, -0.2) is 4.39 Å². The Morgan fingerprint density at radius 1 is 1.50 bits per heavy atom. The second kappa shape index (κ2) is 3.84. The van der Waals surface area contributed by atoms with Crippen molar-refractivity contribution < 1.29 is 4.39 Å². The fourth-order valence-electron chi connectivity index (χ4n) is 1.19. The van der Waals surface area contributed by atoms with Crippen LogP contribution >= 0.6 is 11.6 Å². The van der Waals surface area contributed by atoms with E-state index in [4.69, 9.17) is 11.6 Å². The Kier molecular flexibility index (Phi) is 2.54. The summed E-state index contributed by atoms with van der Waals surface area (Å²) in [6, 6.07) is 4.55. The molecule has 2 rings (SSSR count). The Labute approximate surface area is 86.0 Å². The molecule has 0 fully saturated rings. The van der Waals surface area contributed by atoms with E-state index in [1.807, 2.05) is 0 Å². The molecule has 0 atom stereocenters. The molecule has 0 aliphatic carbocycles. The van der Waals surface area contributed by atoms with Crippen LogP contribution in [0.25, 0.3) is 0 Å². The lowest BCUT2D eigenvalue weighted by molar-refractivity contribution is 0.629. The Morgan fingerprint density at radius 3 is 3.00 bits per heavy atom. The Morgan fingerprint density at radius 2 is 2.36 bits per heavy atom. The van der Waals surface area contributed by atoms with Gasteiger partial charge in [-0.3, -0.25) is 4.99 Å². The normalized spacial score (nSPS) is 14.9. The molecule has 1 aliphatic heterocycles. The molecule has 1 heterocycles. The Balaban J connectivity index is 2.13. The fraction of sp³-hybridized carbons (Fsp3) is 0.222. The lowest BCUT2D eigenvalue weighted by atomic mass is 10.3. The summed E-state index contributed by atoms with van der Waals surface area (Å²) in [6.45, 7) is 1.57. The van der Waals surface area contributed by atoms with Crippen LogP contribution in [0.1, 0.15) is 0 Å². The predicted molar refractivity (Wildman–Crippen MR) is 55.3 cm³/mol. The molecule has 0 unspecified atom stereocenters. The highest BCUT2D eigenvalue weighted by atomic mass is 35.5. The molecular formula is C9H9ClFN3. The van der Waals surface area contributed by atoms with Gasteiger partial charge in [-0.2, -0.15) is 0 Å². The van der Waals surface area contributed by atoms with Gasteiger partial charge in [0.25, 0.3) is 0 Å². The third kappa shape index (κ3) is 1.96. The molecule has 0 spiro atoms. The van der Waals surface area contributed by atoms with E-state index in [9.17, 15) is 4.39 Å². The third-order valence-electron chi connectivity index (χ3n) is 1.86. The number of anilines is 1. The van der Waals surface area contributed by atoms with Gasteiger partial charge in [0.05, 0.1) is 11.6 Å². The molecule has 3 nitrogen and oxygen atoms in total. The van der Waals surface area contributed by atoms with Gasteiger partial charge in [-0.05, 0) is 18.2 Å². The number of hydrogen-bond donors (Lipinski definition) is 2. The van der Waals surface area contributed by atoms with Gasteiger partial charge < -0.3 is 10.6 Å². The molecule has 1 aromatic carbocycles. The number of hydrogen-bond acceptors (Lipinski definition) is 3. The highest BCUT2D eigenvalue weighted by molar-refractivity contribution is 6.30. The molecular weight excluding hydrogens is 205 g/mol. The summed E-state index contributed by atoms with van der Waals surface area (Å²) in [5.74, 6) is 0.238. The van der Waals surface area contributed by atoms with Crippen LogP contribution in [0.2, 0.25) is 5.02 Å². The van der Waals surface area contributed by atoms with Gasteiger partial charge >= 0.3 is 0 Å². The van der Waals surface area contributed by atoms with Crippen LogP contribution in [0.5, 0.6) is 0 Å². The number of benzene rings is 1. The van der Waals surface area contributed by atoms with E-state index in [-0.39, 0.29) is 5.02 Å². The molecule has 5 heteroatoms. The smallest absolute Gasteiger partial charge is 0.195 e. The van der Waals surface area contributed by atoms with Crippen molar-refractivity contribution in [1.82, 2.24) is 5.32 Å². The maximum Gasteiger partial charge on any atom is 0.195 e. The van der Waals surface area contributed by atoms with Gasteiger partial charge in [0, 0.05) is 12.2 Å². The molecule has 0 aromatic heterocycles. The zero-order chi connectivity index (χ0) is 9.97. The topological polar surface area (TPSA) is 36.4 Å². The van der Waals surface area contributed by atoms with E-state index in [0.717, 1.165) is 13.1 Å². The number of aliphatic imine (C=N–C) groups is 1. The maximum atomic E-state index is 13.0. The van der Waals surface area contributed by atoms with Gasteiger partial charge in [0.15, 0.2) is 5.96 Å². The number of guanidine groups is 1. The summed E-state index contributed by atoms with van der Waals surface area (Å²) in [6.07, 6.45) is 0. The maximum absolute atomic E-state index is 13.0. The largest absolute Gasteiger partial charge is 0.354 e. The van der Waals surface area contributed by atoms with Crippen LogP contribution in [0.4, 0.5) is 10.1 Å². The minimum absolute atomic E-state index is 0.122. The van der Waals surface area contributed by atoms with Crippen LogP contribution < -0.4 is 10.6 Å². The first-order chi connectivity index (χ1) is 6.75. The zero-order valence-corrected chi connectivity index (χ0v) is 8.11. The monoisotopic (exact) mass is 213 g/mol. The summed E-state index contributed by atoms with van der Waals surface area (Å²) in [4.78, 5) is 4.12. The SMILES string of the molecule is Fc1cc(NC2=NCCN2)ccc1Cl. The lowest BCUT2D eigenvalue weighted by Gasteiger charge is -2.06. The molecule has 1 aromatic rings. The van der Waals surface area contributed by atoms with Crippen LogP contribution in [0, 0.1) is 5.82 Å². The van der Waals surface area contributed by atoms with E-state index in [1.165, 1.54) is 12.1 Å². The Hall–Kier alpha value is -1.29. The highest BCUT2D eigenvalue weighted by Crippen LogP contribution is 2.18. The van der Waals surface area contributed by atoms with Crippen molar-refractivity contribution in [3.05, 3.63) is 29.0 Å². The van der Waals surface area contributed by atoms with E-state index in [0.29, 0.717) is 11.6 Å². The number of rotatable bonds is 1. The van der Waals surface area contributed by atoms with Crippen molar-refractivity contribution >= 4 is 23.2 Å². The van der Waals surface area contributed by atoms with Gasteiger partial charge in [-0.15, -0.1) is 0 Å². The fourth-order valence-corrected chi connectivity index (χ4v) is 1.31. The summed E-state index contributed by atoms with van der Waals surface area (Å²) in [5, 5.41) is 6.09. The van der Waals surface area contributed by atoms with E-state index in [2.05, 4.69) is 15.6 Å². The van der Waals surface area contributed by atoms with Crippen molar-refractivity contribution in [2.45, 2.75) is 0 Å². The van der Waals surface area contributed by atoms with Crippen LogP contribution in [-0.2, 0) is 0 Å². The van der Waals surface area contributed by atoms with Gasteiger partial charge in [0.2, 0.25) is 0 Å².